The summed E-state index contributed by atoms with van der Waals surface area (Å²) in [7, 11) is -3.13. The number of pyridine rings is 1. The third kappa shape index (κ3) is 3.70. The fourth-order valence-corrected chi connectivity index (χ4v) is 4.58. The van der Waals surface area contributed by atoms with Crippen LogP contribution in [-0.2, 0) is 10.0 Å². The van der Waals surface area contributed by atoms with E-state index in [9.17, 15) is 8.42 Å². The monoisotopic (exact) mass is 386 g/mol. The zero-order valence-electron chi connectivity index (χ0n) is 15.2. The number of fused-ring (bicyclic) bond motifs is 1. The molecule has 1 saturated heterocycles. The first-order valence-electron chi connectivity index (χ1n) is 9.11. The molecule has 6 nitrogen and oxygen atoms in total. The minimum absolute atomic E-state index is 0.0173. The van der Waals surface area contributed by atoms with Crippen LogP contribution >= 0.6 is 0 Å². The fraction of sp³-hybridized carbons (Fsp3) is 0.350. The Bertz CT molecular complexity index is 1020. The smallest absolute Gasteiger partial charge is 0.213 e. The summed E-state index contributed by atoms with van der Waals surface area (Å²) in [4.78, 5) is 4.23. The predicted molar refractivity (Wildman–Crippen MR) is 104 cm³/mol. The van der Waals surface area contributed by atoms with Crippen LogP contribution in [0.1, 0.15) is 19.8 Å². The van der Waals surface area contributed by atoms with Crippen molar-refractivity contribution >= 4 is 20.8 Å². The average molecular weight is 386 g/mol. The summed E-state index contributed by atoms with van der Waals surface area (Å²) in [6.07, 6.45) is 8.26. The van der Waals surface area contributed by atoms with Crippen LogP contribution in [0, 0.1) is 0 Å². The summed E-state index contributed by atoms with van der Waals surface area (Å²) in [6.45, 7) is 2.68. The quantitative estimate of drug-likeness (QED) is 0.669. The molecule has 0 radical (unpaired) electrons. The number of hydrogen-bond donors (Lipinski definition) is 0. The molecule has 0 bridgehead atoms. The molecule has 1 fully saturated rings. The number of aromatic nitrogens is 1. The standard InChI is InChI=1S/C20H22N2O4S/c1-2-27(23,24)22-8-4-18(5-9-22)26-20-12-17(16-6-10-25-14-16)11-15-3-7-21-13-19(15)20/h3,6-7,10-14,18H,2,4-5,8-9H2,1H3. The lowest BCUT2D eigenvalue weighted by Crippen LogP contribution is -2.42. The van der Waals surface area contributed by atoms with Crippen LogP contribution in [0.5, 0.6) is 5.75 Å². The molecular formula is C20H22N2O4S. The van der Waals surface area contributed by atoms with E-state index in [0.29, 0.717) is 25.9 Å². The number of rotatable bonds is 5. The molecule has 0 unspecified atom stereocenters. The molecule has 3 aromatic rings. The topological polar surface area (TPSA) is 72.6 Å². The molecule has 0 saturated carbocycles. The Morgan fingerprint density at radius 3 is 2.74 bits per heavy atom. The van der Waals surface area contributed by atoms with Crippen molar-refractivity contribution in [3.05, 3.63) is 49.2 Å². The van der Waals surface area contributed by atoms with Crippen molar-refractivity contribution in [2.24, 2.45) is 0 Å². The number of sulfonamides is 1. The van der Waals surface area contributed by atoms with Crippen LogP contribution in [0.4, 0.5) is 0 Å². The Balaban J connectivity index is 1.59. The van der Waals surface area contributed by atoms with Gasteiger partial charge >= 0.3 is 0 Å². The first kappa shape index (κ1) is 18.0. The van der Waals surface area contributed by atoms with Crippen LogP contribution < -0.4 is 4.74 Å². The number of hydrogen-bond acceptors (Lipinski definition) is 5. The number of furan rings is 1. The molecule has 1 aliphatic rings. The largest absolute Gasteiger partial charge is 0.490 e. The van der Waals surface area contributed by atoms with Crippen molar-refractivity contribution in [2.75, 3.05) is 18.8 Å². The maximum atomic E-state index is 12.0. The second-order valence-electron chi connectivity index (χ2n) is 6.70. The highest BCUT2D eigenvalue weighted by Gasteiger charge is 2.28. The van der Waals surface area contributed by atoms with Gasteiger partial charge in [-0.1, -0.05) is 0 Å². The Kier molecular flexibility index (Phi) is 4.88. The van der Waals surface area contributed by atoms with Crippen LogP contribution in [0.2, 0.25) is 0 Å². The molecule has 4 rings (SSSR count). The van der Waals surface area contributed by atoms with Crippen LogP contribution in [0.25, 0.3) is 21.9 Å². The van der Waals surface area contributed by atoms with E-state index in [4.69, 9.17) is 9.15 Å². The van der Waals surface area contributed by atoms with Crippen molar-refractivity contribution < 1.29 is 17.6 Å². The fourth-order valence-electron chi connectivity index (χ4n) is 3.45. The van der Waals surface area contributed by atoms with Gasteiger partial charge in [-0.05, 0) is 55.0 Å². The lowest BCUT2D eigenvalue weighted by molar-refractivity contribution is 0.137. The lowest BCUT2D eigenvalue weighted by atomic mass is 10.0. The van der Waals surface area contributed by atoms with E-state index in [1.54, 1.807) is 36.1 Å². The highest BCUT2D eigenvalue weighted by Crippen LogP contribution is 2.34. The van der Waals surface area contributed by atoms with Gasteiger partial charge in [-0.2, -0.15) is 0 Å². The van der Waals surface area contributed by atoms with Gasteiger partial charge in [-0.15, -0.1) is 0 Å². The molecule has 27 heavy (non-hydrogen) atoms. The number of ether oxygens (including phenoxy) is 1. The highest BCUT2D eigenvalue weighted by molar-refractivity contribution is 7.89. The second kappa shape index (κ2) is 7.32. The molecule has 3 heterocycles. The Hall–Kier alpha value is -2.38. The molecule has 0 amide bonds. The summed E-state index contributed by atoms with van der Waals surface area (Å²) in [5.74, 6) is 0.912. The first-order valence-corrected chi connectivity index (χ1v) is 10.7. The third-order valence-electron chi connectivity index (χ3n) is 5.03. The van der Waals surface area contributed by atoms with Gasteiger partial charge in [0.15, 0.2) is 0 Å². The zero-order chi connectivity index (χ0) is 18.9. The van der Waals surface area contributed by atoms with E-state index in [1.807, 2.05) is 18.2 Å². The van der Waals surface area contributed by atoms with Crippen molar-refractivity contribution in [3.8, 4) is 16.9 Å². The van der Waals surface area contributed by atoms with Crippen molar-refractivity contribution in [1.82, 2.24) is 9.29 Å². The molecule has 0 spiro atoms. The van der Waals surface area contributed by atoms with E-state index in [0.717, 1.165) is 27.6 Å². The third-order valence-corrected chi connectivity index (χ3v) is 6.91. The van der Waals surface area contributed by atoms with Crippen molar-refractivity contribution in [3.63, 3.8) is 0 Å². The molecule has 0 atom stereocenters. The average Bonchev–Trinajstić information content (AvgIpc) is 3.23. The molecule has 7 heteroatoms. The van der Waals surface area contributed by atoms with Gasteiger partial charge in [0.05, 0.1) is 18.3 Å². The number of piperidine rings is 1. The molecule has 1 aromatic carbocycles. The summed E-state index contributed by atoms with van der Waals surface area (Å²) < 4.78 is 37.2. The Morgan fingerprint density at radius 2 is 2.04 bits per heavy atom. The highest BCUT2D eigenvalue weighted by atomic mass is 32.2. The number of benzene rings is 1. The van der Waals surface area contributed by atoms with Gasteiger partial charge in [0, 0.05) is 36.4 Å². The van der Waals surface area contributed by atoms with E-state index in [-0.39, 0.29) is 11.9 Å². The van der Waals surface area contributed by atoms with Gasteiger partial charge in [0.2, 0.25) is 10.0 Å². The van der Waals surface area contributed by atoms with Gasteiger partial charge in [-0.25, -0.2) is 12.7 Å². The van der Waals surface area contributed by atoms with Gasteiger partial charge in [0.1, 0.15) is 11.9 Å². The Morgan fingerprint density at radius 1 is 1.22 bits per heavy atom. The summed E-state index contributed by atoms with van der Waals surface area (Å²) >= 11 is 0. The van der Waals surface area contributed by atoms with E-state index in [1.165, 1.54) is 0 Å². The minimum Gasteiger partial charge on any atom is -0.490 e. The van der Waals surface area contributed by atoms with E-state index < -0.39 is 10.0 Å². The first-order chi connectivity index (χ1) is 13.1. The molecule has 0 N–H and O–H groups in total. The van der Waals surface area contributed by atoms with Gasteiger partial charge in [0.25, 0.3) is 0 Å². The van der Waals surface area contributed by atoms with Gasteiger partial charge < -0.3 is 9.15 Å². The SMILES string of the molecule is CCS(=O)(=O)N1CCC(Oc2cc(-c3ccoc3)cc3ccncc23)CC1. The zero-order valence-corrected chi connectivity index (χ0v) is 16.0. The second-order valence-corrected chi connectivity index (χ2v) is 8.96. The van der Waals surface area contributed by atoms with Crippen molar-refractivity contribution in [2.45, 2.75) is 25.9 Å². The Labute approximate surface area is 158 Å². The molecule has 1 aliphatic heterocycles. The molecule has 0 aliphatic carbocycles. The summed E-state index contributed by atoms with van der Waals surface area (Å²) in [5.41, 5.74) is 2.01. The minimum atomic E-state index is -3.13. The maximum absolute atomic E-state index is 12.0. The molecular weight excluding hydrogens is 364 g/mol. The number of nitrogens with zero attached hydrogens (tertiary/aromatic N) is 2. The van der Waals surface area contributed by atoms with Crippen LogP contribution in [0.3, 0.4) is 0 Å². The predicted octanol–water partition coefficient (Wildman–Crippen LogP) is 3.69. The van der Waals surface area contributed by atoms with Crippen LogP contribution in [-0.4, -0.2) is 42.7 Å². The van der Waals surface area contributed by atoms with E-state index >= 15 is 0 Å². The van der Waals surface area contributed by atoms with Crippen LogP contribution in [0.15, 0.2) is 53.6 Å². The molecule has 2 aromatic heterocycles. The summed E-state index contributed by atoms with van der Waals surface area (Å²) in [5, 5.41) is 2.00. The van der Waals surface area contributed by atoms with E-state index in [2.05, 4.69) is 11.1 Å². The lowest BCUT2D eigenvalue weighted by Gasteiger charge is -2.31. The van der Waals surface area contributed by atoms with Crippen molar-refractivity contribution in [1.29, 1.82) is 0 Å². The van der Waals surface area contributed by atoms with Gasteiger partial charge in [-0.3, -0.25) is 4.98 Å². The molecule has 142 valence electrons. The maximum Gasteiger partial charge on any atom is 0.213 e. The summed E-state index contributed by atoms with van der Waals surface area (Å²) in [6, 6.07) is 7.97. The normalized spacial score (nSPS) is 16.6.